The van der Waals surface area contributed by atoms with Gasteiger partial charge < -0.3 is 5.32 Å². The van der Waals surface area contributed by atoms with E-state index in [0.29, 0.717) is 18.0 Å². The van der Waals surface area contributed by atoms with Crippen LogP contribution in [0.1, 0.15) is 28.8 Å². The molecule has 0 saturated carbocycles. The van der Waals surface area contributed by atoms with Crippen molar-refractivity contribution in [2.75, 3.05) is 12.4 Å². The maximum Gasteiger partial charge on any atom is 0.252 e. The Labute approximate surface area is 110 Å². The number of hydrogen-bond donors (Lipinski definition) is 1. The van der Waals surface area contributed by atoms with Gasteiger partial charge in [-0.25, -0.2) is 0 Å². The zero-order valence-corrected chi connectivity index (χ0v) is 11.6. The summed E-state index contributed by atoms with van der Waals surface area (Å²) in [4.78, 5) is 11.8. The molecule has 0 saturated heterocycles. The van der Waals surface area contributed by atoms with Gasteiger partial charge in [0.25, 0.3) is 5.91 Å². The highest BCUT2D eigenvalue weighted by Gasteiger charge is 2.09. The summed E-state index contributed by atoms with van der Waals surface area (Å²) in [5.41, 5.74) is 1.75. The van der Waals surface area contributed by atoms with Crippen molar-refractivity contribution in [1.29, 1.82) is 0 Å². The van der Waals surface area contributed by atoms with E-state index in [-0.39, 0.29) is 5.91 Å². The van der Waals surface area contributed by atoms with Gasteiger partial charge in [0.15, 0.2) is 0 Å². The van der Waals surface area contributed by atoms with Crippen LogP contribution in [0.3, 0.4) is 0 Å². The molecule has 1 rings (SSSR count). The lowest BCUT2D eigenvalue weighted by molar-refractivity contribution is 0.0952. The number of alkyl halides is 1. The van der Waals surface area contributed by atoms with Crippen LogP contribution in [0.5, 0.6) is 0 Å². The number of rotatable bonds is 5. The van der Waals surface area contributed by atoms with E-state index < -0.39 is 0 Å². The van der Waals surface area contributed by atoms with Gasteiger partial charge in [0.2, 0.25) is 0 Å². The fraction of sp³-hybridized carbons (Fsp3) is 0.417. The number of benzene rings is 1. The molecule has 0 heterocycles. The molecule has 0 aliphatic carbocycles. The van der Waals surface area contributed by atoms with E-state index in [1.807, 2.05) is 25.1 Å². The van der Waals surface area contributed by atoms with Crippen LogP contribution < -0.4 is 5.32 Å². The average Bonchev–Trinajstić information content (AvgIpc) is 2.28. The van der Waals surface area contributed by atoms with Crippen LogP contribution in [0.4, 0.5) is 0 Å². The largest absolute Gasteiger partial charge is 0.352 e. The number of hydrogen-bond acceptors (Lipinski definition) is 1. The first kappa shape index (κ1) is 13.5. The number of carbonyl (C=O) groups excluding carboxylic acids is 1. The molecule has 0 aromatic heterocycles. The van der Waals surface area contributed by atoms with Crippen molar-refractivity contribution in [3.8, 4) is 0 Å². The van der Waals surface area contributed by atoms with Crippen LogP contribution in [0.2, 0.25) is 0 Å². The average molecular weight is 305 g/mol. The third-order valence-corrected chi connectivity index (χ3v) is 3.60. The Morgan fingerprint density at radius 1 is 1.44 bits per heavy atom. The van der Waals surface area contributed by atoms with Gasteiger partial charge >= 0.3 is 0 Å². The predicted molar refractivity (Wildman–Crippen MR) is 71.2 cm³/mol. The molecule has 1 amide bonds. The van der Waals surface area contributed by atoms with E-state index in [9.17, 15) is 4.79 Å². The molecule has 0 aliphatic rings. The van der Waals surface area contributed by atoms with E-state index in [4.69, 9.17) is 11.6 Å². The molecule has 1 aromatic carbocycles. The zero-order chi connectivity index (χ0) is 12.0. The Kier molecular flexibility index (Phi) is 5.85. The standard InChI is InChI=1S/C12H15BrClNO/c1-9-5-4-6-10(11(9)13)12(16)15-8-3-2-7-14/h4-6H,2-3,7-8H2,1H3,(H,15,16). The fourth-order valence-corrected chi connectivity index (χ4v) is 1.97. The number of nitrogens with one attached hydrogen (secondary N) is 1. The molecule has 88 valence electrons. The minimum Gasteiger partial charge on any atom is -0.352 e. The number of aryl methyl sites for hydroxylation is 1. The molecule has 0 aliphatic heterocycles. The second-order valence-electron chi connectivity index (χ2n) is 3.59. The van der Waals surface area contributed by atoms with Gasteiger partial charge in [0.1, 0.15) is 0 Å². The molecule has 0 radical (unpaired) electrons. The van der Waals surface area contributed by atoms with E-state index in [0.717, 1.165) is 22.9 Å². The fourth-order valence-electron chi connectivity index (χ4n) is 1.34. The third-order valence-electron chi connectivity index (χ3n) is 2.28. The summed E-state index contributed by atoms with van der Waals surface area (Å²) >= 11 is 8.98. The van der Waals surface area contributed by atoms with Gasteiger partial charge in [0, 0.05) is 16.9 Å². The first-order valence-electron chi connectivity index (χ1n) is 5.26. The second-order valence-corrected chi connectivity index (χ2v) is 4.76. The van der Waals surface area contributed by atoms with E-state index in [1.54, 1.807) is 0 Å². The second kappa shape index (κ2) is 6.92. The van der Waals surface area contributed by atoms with Gasteiger partial charge in [-0.15, -0.1) is 11.6 Å². The summed E-state index contributed by atoms with van der Waals surface area (Å²) in [6.07, 6.45) is 1.84. The minimum absolute atomic E-state index is 0.0369. The Hall–Kier alpha value is -0.540. The van der Waals surface area contributed by atoms with Crippen LogP contribution in [0, 0.1) is 6.92 Å². The van der Waals surface area contributed by atoms with E-state index >= 15 is 0 Å². The number of carbonyl (C=O) groups is 1. The molecule has 1 aromatic rings. The summed E-state index contributed by atoms with van der Waals surface area (Å²) < 4.78 is 0.866. The lowest BCUT2D eigenvalue weighted by atomic mass is 10.1. The van der Waals surface area contributed by atoms with Crippen LogP contribution in [0.25, 0.3) is 0 Å². The molecule has 1 N–H and O–H groups in total. The Morgan fingerprint density at radius 3 is 2.88 bits per heavy atom. The van der Waals surface area contributed by atoms with E-state index in [1.165, 1.54) is 0 Å². The van der Waals surface area contributed by atoms with Gasteiger partial charge in [0.05, 0.1) is 5.56 Å². The monoisotopic (exact) mass is 303 g/mol. The predicted octanol–water partition coefficient (Wildman–Crippen LogP) is 3.51. The highest BCUT2D eigenvalue weighted by atomic mass is 79.9. The summed E-state index contributed by atoms with van der Waals surface area (Å²) in [5.74, 6) is 0.606. The normalized spacial score (nSPS) is 10.2. The van der Waals surface area contributed by atoms with Gasteiger partial charge in [-0.2, -0.15) is 0 Å². The van der Waals surface area contributed by atoms with Crippen molar-refractivity contribution >= 4 is 33.4 Å². The van der Waals surface area contributed by atoms with Crippen molar-refractivity contribution < 1.29 is 4.79 Å². The van der Waals surface area contributed by atoms with Crippen LogP contribution in [-0.2, 0) is 0 Å². The van der Waals surface area contributed by atoms with Gasteiger partial charge in [-0.3, -0.25) is 4.79 Å². The molecule has 16 heavy (non-hydrogen) atoms. The molecule has 0 bridgehead atoms. The Balaban J connectivity index is 2.56. The maximum absolute atomic E-state index is 11.8. The topological polar surface area (TPSA) is 29.1 Å². The zero-order valence-electron chi connectivity index (χ0n) is 9.22. The van der Waals surface area contributed by atoms with Gasteiger partial charge in [-0.1, -0.05) is 12.1 Å². The molecular formula is C12H15BrClNO. The molecule has 2 nitrogen and oxygen atoms in total. The SMILES string of the molecule is Cc1cccc(C(=O)NCCCCCl)c1Br. The molecular weight excluding hydrogens is 289 g/mol. The number of amides is 1. The number of halogens is 2. The van der Waals surface area contributed by atoms with Crippen molar-refractivity contribution in [3.05, 3.63) is 33.8 Å². The summed E-state index contributed by atoms with van der Waals surface area (Å²) in [5, 5.41) is 2.87. The number of unbranched alkanes of at least 4 members (excludes halogenated alkanes) is 1. The highest BCUT2D eigenvalue weighted by Crippen LogP contribution is 2.20. The van der Waals surface area contributed by atoms with Crippen molar-refractivity contribution in [2.24, 2.45) is 0 Å². The Bertz CT molecular complexity index is 368. The molecule has 0 fully saturated rings. The maximum atomic E-state index is 11.8. The van der Waals surface area contributed by atoms with Crippen molar-refractivity contribution in [1.82, 2.24) is 5.32 Å². The first-order valence-corrected chi connectivity index (χ1v) is 6.59. The highest BCUT2D eigenvalue weighted by molar-refractivity contribution is 9.10. The molecule has 0 atom stereocenters. The van der Waals surface area contributed by atoms with Gasteiger partial charge in [-0.05, 0) is 47.3 Å². The summed E-state index contributed by atoms with van der Waals surface area (Å²) in [7, 11) is 0. The third kappa shape index (κ3) is 3.80. The summed E-state index contributed by atoms with van der Waals surface area (Å²) in [6.45, 7) is 2.64. The molecule has 4 heteroatoms. The molecule has 0 unspecified atom stereocenters. The first-order chi connectivity index (χ1) is 7.66. The molecule has 0 spiro atoms. The van der Waals surface area contributed by atoms with Crippen molar-refractivity contribution in [3.63, 3.8) is 0 Å². The van der Waals surface area contributed by atoms with E-state index in [2.05, 4.69) is 21.2 Å². The smallest absolute Gasteiger partial charge is 0.252 e. The summed E-state index contributed by atoms with van der Waals surface area (Å²) in [6, 6.07) is 5.66. The van der Waals surface area contributed by atoms with Crippen LogP contribution in [0.15, 0.2) is 22.7 Å². The minimum atomic E-state index is -0.0369. The van der Waals surface area contributed by atoms with Crippen molar-refractivity contribution in [2.45, 2.75) is 19.8 Å². The Morgan fingerprint density at radius 2 is 2.19 bits per heavy atom. The van der Waals surface area contributed by atoms with Crippen LogP contribution in [-0.4, -0.2) is 18.3 Å². The quantitative estimate of drug-likeness (QED) is 0.654. The van der Waals surface area contributed by atoms with Crippen LogP contribution >= 0.6 is 27.5 Å². The lowest BCUT2D eigenvalue weighted by Crippen LogP contribution is -2.25. The lowest BCUT2D eigenvalue weighted by Gasteiger charge is -2.07.